The van der Waals surface area contributed by atoms with Crippen molar-refractivity contribution in [3.05, 3.63) is 52.6 Å². The van der Waals surface area contributed by atoms with Gasteiger partial charge in [-0.25, -0.2) is 4.98 Å². The Labute approximate surface area is 119 Å². The summed E-state index contributed by atoms with van der Waals surface area (Å²) >= 11 is 6.23. The maximum absolute atomic E-state index is 6.23. The van der Waals surface area contributed by atoms with E-state index in [1.54, 1.807) is 0 Å². The molecule has 0 unspecified atom stereocenters. The quantitative estimate of drug-likeness (QED) is 0.822. The van der Waals surface area contributed by atoms with Crippen molar-refractivity contribution in [2.45, 2.75) is 26.3 Å². The Morgan fingerprint density at radius 1 is 1.37 bits per heavy atom. The summed E-state index contributed by atoms with van der Waals surface area (Å²) in [4.78, 5) is 4.35. The zero-order chi connectivity index (χ0) is 13.7. The van der Waals surface area contributed by atoms with Gasteiger partial charge < -0.3 is 9.88 Å². The van der Waals surface area contributed by atoms with Gasteiger partial charge in [0, 0.05) is 37.4 Å². The highest BCUT2D eigenvalue weighted by atomic mass is 35.5. The monoisotopic (exact) mass is 277 g/mol. The molecule has 0 atom stereocenters. The lowest BCUT2D eigenvalue weighted by Crippen LogP contribution is -2.14. The molecule has 0 spiro atoms. The van der Waals surface area contributed by atoms with Crippen molar-refractivity contribution in [1.29, 1.82) is 0 Å². The SMILES string of the molecule is CCCNCc1cc(Cc2nccn2C)ccc1Cl. The lowest BCUT2D eigenvalue weighted by Gasteiger charge is -2.09. The summed E-state index contributed by atoms with van der Waals surface area (Å²) in [6.45, 7) is 3.99. The summed E-state index contributed by atoms with van der Waals surface area (Å²) in [6.07, 6.45) is 5.76. The van der Waals surface area contributed by atoms with E-state index in [2.05, 4.69) is 29.4 Å². The molecule has 0 saturated heterocycles. The van der Waals surface area contributed by atoms with Crippen LogP contribution in [0.2, 0.25) is 5.02 Å². The highest BCUT2D eigenvalue weighted by molar-refractivity contribution is 6.31. The predicted molar refractivity (Wildman–Crippen MR) is 79.5 cm³/mol. The minimum Gasteiger partial charge on any atom is -0.338 e. The molecule has 1 heterocycles. The van der Waals surface area contributed by atoms with Crippen LogP contribution in [0.5, 0.6) is 0 Å². The molecule has 1 N–H and O–H groups in total. The fourth-order valence-electron chi connectivity index (χ4n) is 2.02. The highest BCUT2D eigenvalue weighted by Crippen LogP contribution is 2.19. The first-order chi connectivity index (χ1) is 9.20. The Balaban J connectivity index is 2.09. The van der Waals surface area contributed by atoms with Crippen LogP contribution < -0.4 is 5.32 Å². The number of aryl methyl sites for hydroxylation is 1. The molecule has 0 amide bonds. The van der Waals surface area contributed by atoms with Crippen LogP contribution in [0.3, 0.4) is 0 Å². The fraction of sp³-hybridized carbons (Fsp3) is 0.400. The predicted octanol–water partition coefficient (Wildman–Crippen LogP) is 3.16. The first kappa shape index (κ1) is 14.1. The Morgan fingerprint density at radius 2 is 2.21 bits per heavy atom. The Bertz CT molecular complexity index is 534. The van der Waals surface area contributed by atoms with Gasteiger partial charge in [0.2, 0.25) is 0 Å². The molecule has 2 aromatic rings. The van der Waals surface area contributed by atoms with E-state index in [1.165, 1.54) is 5.56 Å². The van der Waals surface area contributed by atoms with Crippen LogP contribution in [0.4, 0.5) is 0 Å². The van der Waals surface area contributed by atoms with E-state index in [-0.39, 0.29) is 0 Å². The van der Waals surface area contributed by atoms with E-state index >= 15 is 0 Å². The first-order valence-electron chi connectivity index (χ1n) is 6.65. The van der Waals surface area contributed by atoms with Gasteiger partial charge in [0.05, 0.1) is 0 Å². The number of benzene rings is 1. The minimum atomic E-state index is 0.821. The van der Waals surface area contributed by atoms with E-state index in [0.29, 0.717) is 0 Å². The molecule has 1 aromatic heterocycles. The topological polar surface area (TPSA) is 29.9 Å². The second-order valence-electron chi connectivity index (χ2n) is 4.73. The number of aromatic nitrogens is 2. The highest BCUT2D eigenvalue weighted by Gasteiger charge is 2.05. The average Bonchev–Trinajstić information content (AvgIpc) is 2.79. The van der Waals surface area contributed by atoms with Gasteiger partial charge in [-0.1, -0.05) is 30.7 Å². The van der Waals surface area contributed by atoms with E-state index in [1.807, 2.05) is 30.1 Å². The second-order valence-corrected chi connectivity index (χ2v) is 5.14. The molecule has 4 heteroatoms. The summed E-state index contributed by atoms with van der Waals surface area (Å²) in [6, 6.07) is 6.21. The Kier molecular flexibility index (Phi) is 5.00. The van der Waals surface area contributed by atoms with E-state index in [0.717, 1.165) is 42.3 Å². The third-order valence-corrected chi connectivity index (χ3v) is 3.50. The molecule has 0 aliphatic heterocycles. The van der Waals surface area contributed by atoms with Crippen molar-refractivity contribution in [3.8, 4) is 0 Å². The molecule has 1 aromatic carbocycles. The van der Waals surface area contributed by atoms with Crippen molar-refractivity contribution >= 4 is 11.6 Å². The Hall–Kier alpha value is -1.32. The van der Waals surface area contributed by atoms with Crippen LogP contribution in [0, 0.1) is 0 Å². The van der Waals surface area contributed by atoms with Crippen molar-refractivity contribution in [3.63, 3.8) is 0 Å². The zero-order valence-electron chi connectivity index (χ0n) is 11.5. The number of rotatable bonds is 6. The summed E-state index contributed by atoms with van der Waals surface area (Å²) in [5, 5.41) is 4.21. The number of nitrogens with one attached hydrogen (secondary N) is 1. The molecule has 0 fully saturated rings. The average molecular weight is 278 g/mol. The molecule has 3 nitrogen and oxygen atoms in total. The number of hydrogen-bond donors (Lipinski definition) is 1. The molecule has 0 aliphatic carbocycles. The number of halogens is 1. The molecule has 2 rings (SSSR count). The van der Waals surface area contributed by atoms with Gasteiger partial charge in [-0.3, -0.25) is 0 Å². The van der Waals surface area contributed by atoms with Crippen molar-refractivity contribution < 1.29 is 0 Å². The molecule has 0 bridgehead atoms. The normalized spacial score (nSPS) is 10.9. The molecule has 102 valence electrons. The van der Waals surface area contributed by atoms with E-state index in [4.69, 9.17) is 11.6 Å². The maximum atomic E-state index is 6.23. The van der Waals surface area contributed by atoms with Crippen molar-refractivity contribution in [2.75, 3.05) is 6.54 Å². The molecular formula is C15H20ClN3. The number of hydrogen-bond acceptors (Lipinski definition) is 2. The molecule has 0 aliphatic rings. The van der Waals surface area contributed by atoms with Gasteiger partial charge in [-0.2, -0.15) is 0 Å². The fourth-order valence-corrected chi connectivity index (χ4v) is 2.21. The van der Waals surface area contributed by atoms with Crippen LogP contribution in [-0.4, -0.2) is 16.1 Å². The lowest BCUT2D eigenvalue weighted by atomic mass is 10.1. The van der Waals surface area contributed by atoms with Gasteiger partial charge >= 0.3 is 0 Å². The summed E-state index contributed by atoms with van der Waals surface area (Å²) in [5.41, 5.74) is 2.40. The summed E-state index contributed by atoms with van der Waals surface area (Å²) in [5.74, 6) is 1.06. The third-order valence-electron chi connectivity index (χ3n) is 3.14. The van der Waals surface area contributed by atoms with E-state index < -0.39 is 0 Å². The van der Waals surface area contributed by atoms with E-state index in [9.17, 15) is 0 Å². The molecule has 0 radical (unpaired) electrons. The molecular weight excluding hydrogens is 258 g/mol. The van der Waals surface area contributed by atoms with Gasteiger partial charge in [0.25, 0.3) is 0 Å². The van der Waals surface area contributed by atoms with Crippen LogP contribution in [0.15, 0.2) is 30.6 Å². The zero-order valence-corrected chi connectivity index (χ0v) is 12.2. The second kappa shape index (κ2) is 6.73. The molecule has 19 heavy (non-hydrogen) atoms. The van der Waals surface area contributed by atoms with Gasteiger partial charge in [0.15, 0.2) is 0 Å². The number of imidazole rings is 1. The van der Waals surface area contributed by atoms with Crippen LogP contribution >= 0.6 is 11.6 Å². The van der Waals surface area contributed by atoms with Crippen LogP contribution in [0.1, 0.15) is 30.3 Å². The van der Waals surface area contributed by atoms with Gasteiger partial charge in [-0.05, 0) is 30.2 Å². The number of nitrogens with zero attached hydrogens (tertiary/aromatic N) is 2. The smallest absolute Gasteiger partial charge is 0.112 e. The Morgan fingerprint density at radius 3 is 2.89 bits per heavy atom. The standard InChI is InChI=1S/C15H20ClN3/c1-3-6-17-11-13-9-12(4-5-14(13)16)10-15-18-7-8-19(15)2/h4-5,7-9,17H,3,6,10-11H2,1-2H3. The van der Waals surface area contributed by atoms with Gasteiger partial charge in [-0.15, -0.1) is 0 Å². The van der Waals surface area contributed by atoms with Crippen LogP contribution in [-0.2, 0) is 20.0 Å². The minimum absolute atomic E-state index is 0.821. The maximum Gasteiger partial charge on any atom is 0.112 e. The van der Waals surface area contributed by atoms with Gasteiger partial charge in [0.1, 0.15) is 5.82 Å². The lowest BCUT2D eigenvalue weighted by molar-refractivity contribution is 0.675. The first-order valence-corrected chi connectivity index (χ1v) is 7.02. The van der Waals surface area contributed by atoms with Crippen molar-refractivity contribution in [1.82, 2.24) is 14.9 Å². The largest absolute Gasteiger partial charge is 0.338 e. The van der Waals surface area contributed by atoms with Crippen molar-refractivity contribution in [2.24, 2.45) is 7.05 Å². The van der Waals surface area contributed by atoms with Crippen LogP contribution in [0.25, 0.3) is 0 Å². The summed E-state index contributed by atoms with van der Waals surface area (Å²) < 4.78 is 2.05. The third kappa shape index (κ3) is 3.82. The summed E-state index contributed by atoms with van der Waals surface area (Å²) in [7, 11) is 2.02. The molecule has 0 saturated carbocycles.